The molecule has 0 radical (unpaired) electrons. The molecule has 1 fully saturated rings. The number of hydrogen-bond donors (Lipinski definition) is 2. The van der Waals surface area contributed by atoms with Crippen molar-refractivity contribution in [1.29, 1.82) is 0 Å². The van der Waals surface area contributed by atoms with Crippen molar-refractivity contribution in [3.63, 3.8) is 0 Å². The Hall–Kier alpha value is -4.15. The molecule has 0 bridgehead atoms. The smallest absolute Gasteiger partial charge is 0.270 e. The van der Waals surface area contributed by atoms with E-state index in [1.54, 1.807) is 29.4 Å². The standard InChI is InChI=1S/C24H26N6O5/c1-14(2)13-29-22-15(3-6-19(31)28-9-10-35-18-7-8-25-12-17(18)28)11-26-30(22)24(34)20(23(29)33)21(32)27-16-4-5-16/h3,6-8,11-12,14,16,34H,4-5,9-10,13H2,1-2H3,(H,27,32). The van der Waals surface area contributed by atoms with Gasteiger partial charge in [0, 0.05) is 36.5 Å². The maximum absolute atomic E-state index is 13.3. The van der Waals surface area contributed by atoms with Crippen LogP contribution in [-0.4, -0.2) is 55.3 Å². The van der Waals surface area contributed by atoms with Gasteiger partial charge in [-0.3, -0.25) is 23.9 Å². The highest BCUT2D eigenvalue weighted by atomic mass is 16.5. The molecule has 0 spiro atoms. The summed E-state index contributed by atoms with van der Waals surface area (Å²) in [6.07, 6.45) is 9.26. The molecule has 0 saturated heterocycles. The van der Waals surface area contributed by atoms with E-state index in [2.05, 4.69) is 15.4 Å². The lowest BCUT2D eigenvalue weighted by atomic mass is 10.2. The third kappa shape index (κ3) is 4.25. The van der Waals surface area contributed by atoms with Crippen LogP contribution < -0.4 is 20.5 Å². The van der Waals surface area contributed by atoms with Crippen molar-refractivity contribution >= 4 is 29.2 Å². The number of pyridine rings is 1. The molecule has 5 rings (SSSR count). The first kappa shape index (κ1) is 22.6. The Labute approximate surface area is 200 Å². The largest absolute Gasteiger partial charge is 0.492 e. The Balaban J connectivity index is 1.54. The Morgan fingerprint density at radius 1 is 1.31 bits per heavy atom. The topological polar surface area (TPSA) is 131 Å². The number of aromatic nitrogens is 4. The van der Waals surface area contributed by atoms with Crippen LogP contribution in [0.4, 0.5) is 5.69 Å². The number of carbonyl (C=O) groups excluding carboxylic acids is 2. The van der Waals surface area contributed by atoms with Gasteiger partial charge in [0.05, 0.1) is 18.9 Å². The summed E-state index contributed by atoms with van der Waals surface area (Å²) in [4.78, 5) is 44.7. The number of hydrogen-bond acceptors (Lipinski definition) is 7. The second kappa shape index (κ2) is 8.90. The summed E-state index contributed by atoms with van der Waals surface area (Å²) in [7, 11) is 0. The lowest BCUT2D eigenvalue weighted by molar-refractivity contribution is -0.114. The molecule has 1 aliphatic heterocycles. The van der Waals surface area contributed by atoms with Crippen molar-refractivity contribution in [3.05, 3.63) is 52.2 Å². The zero-order chi connectivity index (χ0) is 24.7. The van der Waals surface area contributed by atoms with Gasteiger partial charge in [0.2, 0.25) is 5.88 Å². The average molecular weight is 479 g/mol. The Morgan fingerprint density at radius 3 is 2.86 bits per heavy atom. The van der Waals surface area contributed by atoms with E-state index in [1.807, 2.05) is 13.8 Å². The molecule has 4 heterocycles. The fourth-order valence-electron chi connectivity index (χ4n) is 4.09. The van der Waals surface area contributed by atoms with Gasteiger partial charge in [-0.1, -0.05) is 13.8 Å². The maximum Gasteiger partial charge on any atom is 0.270 e. The molecule has 2 N–H and O–H groups in total. The van der Waals surface area contributed by atoms with Crippen molar-refractivity contribution in [2.75, 3.05) is 18.1 Å². The molecule has 1 aliphatic carbocycles. The first-order valence-electron chi connectivity index (χ1n) is 11.6. The normalized spacial score (nSPS) is 15.5. The Bertz CT molecular complexity index is 1400. The van der Waals surface area contributed by atoms with E-state index in [1.165, 1.54) is 21.4 Å². The van der Waals surface area contributed by atoms with E-state index in [0.717, 1.165) is 12.8 Å². The van der Waals surface area contributed by atoms with Crippen LogP contribution in [0, 0.1) is 5.92 Å². The summed E-state index contributed by atoms with van der Waals surface area (Å²) in [5.41, 5.74) is 0.403. The number of ether oxygens (including phenoxy) is 1. The lowest BCUT2D eigenvalue weighted by Crippen LogP contribution is -2.37. The number of rotatable bonds is 6. The van der Waals surface area contributed by atoms with Gasteiger partial charge in [-0.25, -0.2) is 0 Å². The fraction of sp³-hybridized carbons (Fsp3) is 0.375. The molecule has 2 amide bonds. The number of amides is 2. The van der Waals surface area contributed by atoms with E-state index < -0.39 is 17.3 Å². The summed E-state index contributed by atoms with van der Waals surface area (Å²) < 4.78 is 8.18. The second-order valence-corrected chi connectivity index (χ2v) is 9.11. The molecule has 11 nitrogen and oxygen atoms in total. The van der Waals surface area contributed by atoms with Gasteiger partial charge in [0.15, 0.2) is 5.56 Å². The van der Waals surface area contributed by atoms with Gasteiger partial charge >= 0.3 is 0 Å². The summed E-state index contributed by atoms with van der Waals surface area (Å²) >= 11 is 0. The molecule has 3 aromatic rings. The highest BCUT2D eigenvalue weighted by Crippen LogP contribution is 2.30. The third-order valence-electron chi connectivity index (χ3n) is 5.89. The molecule has 3 aromatic heterocycles. The number of anilines is 1. The van der Waals surface area contributed by atoms with Crippen LogP contribution in [-0.2, 0) is 11.3 Å². The van der Waals surface area contributed by atoms with E-state index in [9.17, 15) is 19.5 Å². The number of nitrogens with zero attached hydrogens (tertiary/aromatic N) is 5. The summed E-state index contributed by atoms with van der Waals surface area (Å²) in [5, 5.41) is 17.8. The quantitative estimate of drug-likeness (QED) is 0.514. The summed E-state index contributed by atoms with van der Waals surface area (Å²) in [5.74, 6) is -0.772. The number of carbonyl (C=O) groups is 2. The predicted octanol–water partition coefficient (Wildman–Crippen LogP) is 1.58. The van der Waals surface area contributed by atoms with Gasteiger partial charge in [0.1, 0.15) is 23.7 Å². The third-order valence-corrected chi connectivity index (χ3v) is 5.89. The molecule has 2 aliphatic rings. The van der Waals surface area contributed by atoms with Crippen molar-refractivity contribution in [3.8, 4) is 11.6 Å². The molecule has 1 saturated carbocycles. The minimum absolute atomic E-state index is 0.0261. The SMILES string of the molecule is CC(C)Cn1c(=O)c(C(=O)NC2CC2)c(O)n2ncc(C=CC(=O)N3CCOc4ccncc43)c12. The van der Waals surface area contributed by atoms with E-state index in [-0.39, 0.29) is 23.4 Å². The van der Waals surface area contributed by atoms with Crippen LogP contribution in [0.2, 0.25) is 0 Å². The molecule has 0 atom stereocenters. The van der Waals surface area contributed by atoms with Crippen LogP contribution >= 0.6 is 0 Å². The number of nitrogens with one attached hydrogen (secondary N) is 1. The van der Waals surface area contributed by atoms with Gasteiger partial charge in [0.25, 0.3) is 17.4 Å². The van der Waals surface area contributed by atoms with Crippen LogP contribution in [0.1, 0.15) is 42.6 Å². The van der Waals surface area contributed by atoms with Crippen LogP contribution in [0.15, 0.2) is 35.5 Å². The molecule has 11 heteroatoms. The maximum atomic E-state index is 13.3. The second-order valence-electron chi connectivity index (χ2n) is 9.11. The molecule has 35 heavy (non-hydrogen) atoms. The Kier molecular flexibility index (Phi) is 5.75. The van der Waals surface area contributed by atoms with Crippen molar-refractivity contribution < 1.29 is 19.4 Å². The monoisotopic (exact) mass is 478 g/mol. The minimum Gasteiger partial charge on any atom is -0.492 e. The van der Waals surface area contributed by atoms with E-state index >= 15 is 0 Å². The van der Waals surface area contributed by atoms with Gasteiger partial charge in [-0.05, 0) is 24.8 Å². The van der Waals surface area contributed by atoms with Crippen LogP contribution in [0.5, 0.6) is 11.6 Å². The zero-order valence-electron chi connectivity index (χ0n) is 19.5. The van der Waals surface area contributed by atoms with E-state index in [0.29, 0.717) is 42.3 Å². The molecule has 182 valence electrons. The van der Waals surface area contributed by atoms with Crippen LogP contribution in [0.3, 0.4) is 0 Å². The highest BCUT2D eigenvalue weighted by molar-refractivity contribution is 6.05. The Morgan fingerprint density at radius 2 is 2.11 bits per heavy atom. The first-order chi connectivity index (χ1) is 16.8. The highest BCUT2D eigenvalue weighted by Gasteiger charge is 2.30. The first-order valence-corrected chi connectivity index (χ1v) is 11.6. The minimum atomic E-state index is -0.614. The predicted molar refractivity (Wildman–Crippen MR) is 128 cm³/mol. The van der Waals surface area contributed by atoms with E-state index in [4.69, 9.17) is 4.74 Å². The summed E-state index contributed by atoms with van der Waals surface area (Å²) in [6, 6.07) is 1.73. The lowest BCUT2D eigenvalue weighted by Gasteiger charge is -2.28. The van der Waals surface area contributed by atoms with Crippen LogP contribution in [0.25, 0.3) is 11.7 Å². The molecular weight excluding hydrogens is 452 g/mol. The zero-order valence-corrected chi connectivity index (χ0v) is 19.5. The van der Waals surface area contributed by atoms with Gasteiger partial charge in [-0.15, -0.1) is 0 Å². The number of fused-ring (bicyclic) bond motifs is 2. The summed E-state index contributed by atoms with van der Waals surface area (Å²) in [6.45, 7) is 4.92. The van der Waals surface area contributed by atoms with Crippen molar-refractivity contribution in [2.24, 2.45) is 5.92 Å². The number of aromatic hydroxyl groups is 1. The van der Waals surface area contributed by atoms with Crippen molar-refractivity contribution in [1.82, 2.24) is 24.5 Å². The molecule has 0 aromatic carbocycles. The van der Waals surface area contributed by atoms with Gasteiger partial charge in [-0.2, -0.15) is 9.61 Å². The molecular formula is C24H26N6O5. The van der Waals surface area contributed by atoms with Gasteiger partial charge < -0.3 is 20.1 Å². The van der Waals surface area contributed by atoms with Crippen molar-refractivity contribution in [2.45, 2.75) is 39.3 Å². The molecule has 0 unspecified atom stereocenters. The average Bonchev–Trinajstić information content (AvgIpc) is 3.55. The fourth-order valence-corrected chi connectivity index (χ4v) is 4.09.